The number of aryl methyl sites for hydroxylation is 3. The van der Waals surface area contributed by atoms with Crippen LogP contribution in [0.25, 0.3) is 16.9 Å². The van der Waals surface area contributed by atoms with Crippen molar-refractivity contribution >= 4 is 38.6 Å². The van der Waals surface area contributed by atoms with Crippen LogP contribution in [-0.2, 0) is 16.6 Å². The summed E-state index contributed by atoms with van der Waals surface area (Å²) in [4.78, 5) is 17.6. The van der Waals surface area contributed by atoms with Crippen LogP contribution in [0.5, 0.6) is 0 Å². The molecule has 0 amide bonds. The number of nitrogens with zero attached hydrogens (tertiary/aromatic N) is 4. The average molecular weight is 474 g/mol. The first-order chi connectivity index (χ1) is 15.1. The molecule has 0 fully saturated rings. The van der Waals surface area contributed by atoms with Crippen molar-refractivity contribution in [2.45, 2.75) is 44.3 Å². The molecular weight excluding hydrogens is 450 g/mol. The highest BCUT2D eigenvalue weighted by molar-refractivity contribution is 7.99. The van der Waals surface area contributed by atoms with Crippen LogP contribution in [0.3, 0.4) is 0 Å². The van der Waals surface area contributed by atoms with E-state index in [1.54, 1.807) is 6.07 Å². The smallest absolute Gasteiger partial charge is 0.238 e. The van der Waals surface area contributed by atoms with Gasteiger partial charge in [0, 0.05) is 29.6 Å². The Morgan fingerprint density at radius 2 is 1.94 bits per heavy atom. The number of sulfonamides is 1. The number of Topliss-reactive ketones (excluding diaryl/α,β-unsaturated/α-hetero) is 1. The number of primary sulfonamides is 1. The molecule has 168 valence electrons. The summed E-state index contributed by atoms with van der Waals surface area (Å²) in [5, 5.41) is 9.93. The Morgan fingerprint density at radius 1 is 1.19 bits per heavy atom. The summed E-state index contributed by atoms with van der Waals surface area (Å²) in [6, 6.07) is 8.28. The van der Waals surface area contributed by atoms with Gasteiger partial charge in [-0.25, -0.2) is 18.5 Å². The van der Waals surface area contributed by atoms with E-state index < -0.39 is 10.0 Å². The fourth-order valence-electron chi connectivity index (χ4n) is 3.74. The van der Waals surface area contributed by atoms with Crippen LogP contribution in [0.15, 0.2) is 44.9 Å². The SMILES string of the molecule is CCn1c(SCC(=O)c2cc(C)n(-c3cc(C)on3)c2C)nc2cc(S(N)(=O)=O)ccc21. The molecule has 1 aromatic carbocycles. The highest BCUT2D eigenvalue weighted by atomic mass is 32.2. The topological polar surface area (TPSA) is 126 Å². The van der Waals surface area contributed by atoms with Crippen molar-refractivity contribution < 1.29 is 17.7 Å². The Bertz CT molecular complexity index is 1450. The summed E-state index contributed by atoms with van der Waals surface area (Å²) in [5.41, 5.74) is 3.61. The van der Waals surface area contributed by atoms with Gasteiger partial charge in [-0.05, 0) is 52.0 Å². The molecule has 0 aliphatic carbocycles. The molecule has 0 saturated carbocycles. The van der Waals surface area contributed by atoms with Gasteiger partial charge in [-0.15, -0.1) is 0 Å². The van der Waals surface area contributed by atoms with Gasteiger partial charge in [-0.1, -0.05) is 16.9 Å². The molecule has 9 nitrogen and oxygen atoms in total. The molecule has 0 aliphatic rings. The Hall–Kier alpha value is -2.89. The number of imidazole rings is 1. The monoisotopic (exact) mass is 473 g/mol. The quantitative estimate of drug-likeness (QED) is 0.322. The molecule has 0 bridgehead atoms. The van der Waals surface area contributed by atoms with Gasteiger partial charge in [0.25, 0.3) is 0 Å². The lowest BCUT2D eigenvalue weighted by atomic mass is 10.2. The van der Waals surface area contributed by atoms with Gasteiger partial charge in [0.15, 0.2) is 16.8 Å². The fraction of sp³-hybridized carbons (Fsp3) is 0.286. The predicted molar refractivity (Wildman–Crippen MR) is 122 cm³/mol. The first-order valence-electron chi connectivity index (χ1n) is 9.92. The molecule has 0 radical (unpaired) electrons. The number of fused-ring (bicyclic) bond motifs is 1. The summed E-state index contributed by atoms with van der Waals surface area (Å²) in [7, 11) is -3.82. The number of thioether (sulfide) groups is 1. The summed E-state index contributed by atoms with van der Waals surface area (Å²) in [6.45, 7) is 8.21. The standard InChI is InChI=1S/C21H23N5O4S2/c1-5-25-18-7-6-15(32(22,28)29)10-17(18)23-21(25)31-11-19(27)16-8-12(2)26(14(16)4)20-9-13(3)30-24-20/h6-10H,5,11H2,1-4H3,(H2,22,28,29). The number of hydrogen-bond acceptors (Lipinski definition) is 7. The molecule has 4 aromatic rings. The van der Waals surface area contributed by atoms with Crippen molar-refractivity contribution in [2.75, 3.05) is 5.75 Å². The van der Waals surface area contributed by atoms with E-state index in [2.05, 4.69) is 10.1 Å². The summed E-state index contributed by atoms with van der Waals surface area (Å²) < 4.78 is 32.3. The zero-order valence-electron chi connectivity index (χ0n) is 18.1. The van der Waals surface area contributed by atoms with Crippen LogP contribution in [0.2, 0.25) is 0 Å². The normalized spacial score (nSPS) is 12.0. The van der Waals surface area contributed by atoms with Crippen LogP contribution in [0, 0.1) is 20.8 Å². The van der Waals surface area contributed by atoms with E-state index in [9.17, 15) is 13.2 Å². The molecule has 3 aromatic heterocycles. The van der Waals surface area contributed by atoms with E-state index in [-0.39, 0.29) is 16.4 Å². The molecule has 0 aliphatic heterocycles. The summed E-state index contributed by atoms with van der Waals surface area (Å²) in [5.74, 6) is 1.49. The van der Waals surface area contributed by atoms with Crippen molar-refractivity contribution in [3.05, 3.63) is 53.0 Å². The van der Waals surface area contributed by atoms with E-state index in [0.29, 0.717) is 34.4 Å². The van der Waals surface area contributed by atoms with Crippen molar-refractivity contribution in [2.24, 2.45) is 5.14 Å². The molecular formula is C21H23N5O4S2. The minimum Gasteiger partial charge on any atom is -0.360 e. The number of carbonyl (C=O) groups is 1. The Kier molecular flexibility index (Phi) is 5.74. The second-order valence-corrected chi connectivity index (χ2v) is 9.97. The number of carbonyl (C=O) groups excluding carboxylic acids is 1. The molecule has 4 rings (SSSR count). The van der Waals surface area contributed by atoms with Gasteiger partial charge in [-0.3, -0.25) is 9.36 Å². The van der Waals surface area contributed by atoms with Crippen LogP contribution in [0.4, 0.5) is 0 Å². The van der Waals surface area contributed by atoms with Gasteiger partial charge in [0.1, 0.15) is 5.76 Å². The minimum atomic E-state index is -3.82. The second-order valence-electron chi connectivity index (χ2n) is 7.46. The Morgan fingerprint density at radius 3 is 2.56 bits per heavy atom. The van der Waals surface area contributed by atoms with Crippen molar-refractivity contribution in [3.8, 4) is 5.82 Å². The zero-order valence-corrected chi connectivity index (χ0v) is 19.7. The number of benzene rings is 1. The second kappa shape index (κ2) is 8.23. The average Bonchev–Trinajstić information content (AvgIpc) is 3.39. The molecule has 32 heavy (non-hydrogen) atoms. The Balaban J connectivity index is 1.61. The van der Waals surface area contributed by atoms with E-state index >= 15 is 0 Å². The fourth-order valence-corrected chi connectivity index (χ4v) is 5.24. The van der Waals surface area contributed by atoms with E-state index in [1.807, 2.05) is 49.0 Å². The largest absolute Gasteiger partial charge is 0.360 e. The lowest BCUT2D eigenvalue weighted by molar-refractivity contribution is 0.102. The van der Waals surface area contributed by atoms with E-state index in [1.165, 1.54) is 23.9 Å². The summed E-state index contributed by atoms with van der Waals surface area (Å²) >= 11 is 1.32. The third kappa shape index (κ3) is 3.98. The van der Waals surface area contributed by atoms with Gasteiger partial charge in [-0.2, -0.15) is 0 Å². The predicted octanol–water partition coefficient (Wildman–Crippen LogP) is 3.38. The van der Waals surface area contributed by atoms with Gasteiger partial charge >= 0.3 is 0 Å². The maximum Gasteiger partial charge on any atom is 0.238 e. The van der Waals surface area contributed by atoms with Gasteiger partial charge < -0.3 is 9.09 Å². The van der Waals surface area contributed by atoms with E-state index in [0.717, 1.165) is 16.9 Å². The first-order valence-corrected chi connectivity index (χ1v) is 12.4. The lowest BCUT2D eigenvalue weighted by Gasteiger charge is -2.06. The molecule has 0 unspecified atom stereocenters. The van der Waals surface area contributed by atoms with Crippen molar-refractivity contribution in [1.29, 1.82) is 0 Å². The molecule has 0 atom stereocenters. The van der Waals surface area contributed by atoms with Crippen LogP contribution in [0.1, 0.15) is 34.4 Å². The van der Waals surface area contributed by atoms with Crippen molar-refractivity contribution in [1.82, 2.24) is 19.3 Å². The minimum absolute atomic E-state index is 0.00825. The van der Waals surface area contributed by atoms with Crippen LogP contribution < -0.4 is 5.14 Å². The number of rotatable bonds is 7. The molecule has 0 spiro atoms. The number of aromatic nitrogens is 4. The first kappa shape index (κ1) is 22.3. The maximum absolute atomic E-state index is 13.0. The molecule has 11 heteroatoms. The summed E-state index contributed by atoms with van der Waals surface area (Å²) in [6.07, 6.45) is 0. The number of ketones is 1. The maximum atomic E-state index is 13.0. The van der Waals surface area contributed by atoms with Crippen LogP contribution >= 0.6 is 11.8 Å². The van der Waals surface area contributed by atoms with E-state index in [4.69, 9.17) is 9.66 Å². The van der Waals surface area contributed by atoms with Gasteiger partial charge in [0.2, 0.25) is 10.0 Å². The highest BCUT2D eigenvalue weighted by Gasteiger charge is 2.20. The third-order valence-electron chi connectivity index (χ3n) is 5.24. The number of hydrogen-bond donors (Lipinski definition) is 1. The Labute approximate surface area is 189 Å². The molecule has 0 saturated heterocycles. The zero-order chi connectivity index (χ0) is 23.2. The lowest BCUT2D eigenvalue weighted by Crippen LogP contribution is -2.11. The molecule has 2 N–H and O–H groups in total. The van der Waals surface area contributed by atoms with Crippen molar-refractivity contribution in [3.63, 3.8) is 0 Å². The third-order valence-corrected chi connectivity index (χ3v) is 7.13. The highest BCUT2D eigenvalue weighted by Crippen LogP contribution is 2.28. The number of nitrogens with two attached hydrogens (primary N) is 1. The van der Waals surface area contributed by atoms with Crippen LogP contribution in [-0.4, -0.2) is 39.2 Å². The van der Waals surface area contributed by atoms with Gasteiger partial charge in [0.05, 0.1) is 21.7 Å². The molecule has 3 heterocycles.